The fourth-order valence-electron chi connectivity index (χ4n) is 21.4. The standard InChI is InChI=1S/C132H81N9O2/c1-6-28-86(29-7-1)127-133-128(87-30-8-2-9-31-87)136-131(135-127)98-40-24-36-90(70-98)82-54-58-84(59-55-82)109-78-100(80-115-107-48-18-22-52-123(107)142-125(109)115)92-38-26-44-103(72-92)140-117-50-20-16-46-105(117)111-74-94(62-66-119(111)140)96-64-68-121-113(76-96)114-77-97(65-69-122(114)139(121)102-42-14-5-15-43-102)95-63-67-120-112(75-95)106-47-17-21-51-118(106)141(120)104-45-27-39-93(73-104)101-79-110(126-116(81-101)108-49-19-23-53-124(108)143-126)85-60-56-83(57-61-85)91-37-25-41-99(71-91)132-137-129(88-32-10-3-11-33-88)134-130(138-132)89-34-12-4-13-35-89/h1-81H. The number of hydrogen-bond acceptors (Lipinski definition) is 8. The summed E-state index contributed by atoms with van der Waals surface area (Å²) in [7, 11) is 0. The van der Waals surface area contributed by atoms with E-state index >= 15 is 0 Å². The van der Waals surface area contributed by atoms with Crippen molar-refractivity contribution in [2.75, 3.05) is 0 Å². The predicted octanol–water partition coefficient (Wildman–Crippen LogP) is 34.5. The molecule has 0 N–H and O–H groups in total. The van der Waals surface area contributed by atoms with E-state index in [1.165, 1.54) is 32.3 Å². The third-order valence-corrected chi connectivity index (χ3v) is 28.3. The number of hydrogen-bond donors (Lipinski definition) is 0. The first-order chi connectivity index (χ1) is 70.8. The van der Waals surface area contributed by atoms with Crippen LogP contribution in [0.15, 0.2) is 500 Å². The first kappa shape index (κ1) is 81.9. The summed E-state index contributed by atoms with van der Waals surface area (Å²) in [5, 5.41) is 11.3. The Balaban J connectivity index is 0.494. The maximum atomic E-state index is 6.86. The fraction of sp³-hybridized carbons (Fsp3) is 0. The van der Waals surface area contributed by atoms with Gasteiger partial charge in [-0.2, -0.15) is 0 Å². The molecule has 0 aliphatic rings. The average Bonchev–Trinajstić information content (AvgIpc) is 1.57. The van der Waals surface area contributed by atoms with Crippen LogP contribution in [0, 0.1) is 0 Å². The summed E-state index contributed by atoms with van der Waals surface area (Å²) in [5.74, 6) is 3.72. The summed E-state index contributed by atoms with van der Waals surface area (Å²) in [6.07, 6.45) is 0. The molecule has 11 heteroatoms. The van der Waals surface area contributed by atoms with Crippen molar-refractivity contribution in [3.8, 4) is 174 Å². The molecule has 0 fully saturated rings. The highest BCUT2D eigenvalue weighted by molar-refractivity contribution is 6.17. The lowest BCUT2D eigenvalue weighted by Gasteiger charge is -2.13. The van der Waals surface area contributed by atoms with Crippen molar-refractivity contribution in [3.63, 3.8) is 0 Å². The second-order valence-corrected chi connectivity index (χ2v) is 36.8. The van der Waals surface area contributed by atoms with Gasteiger partial charge in [-0.15, -0.1) is 0 Å². The van der Waals surface area contributed by atoms with E-state index < -0.39 is 0 Å². The summed E-state index contributed by atoms with van der Waals surface area (Å²) in [5.41, 5.74) is 36.2. The molecule has 28 aromatic rings. The molecule has 0 saturated heterocycles. The van der Waals surface area contributed by atoms with Crippen LogP contribution in [-0.2, 0) is 0 Å². The molecule has 0 amide bonds. The zero-order chi connectivity index (χ0) is 94.1. The van der Waals surface area contributed by atoms with Crippen molar-refractivity contribution in [2.45, 2.75) is 0 Å². The number of rotatable bonds is 17. The third kappa shape index (κ3) is 14.4. The monoisotopic (exact) mass is 1820 g/mol. The van der Waals surface area contributed by atoms with Gasteiger partial charge < -0.3 is 22.5 Å². The molecule has 0 spiro atoms. The van der Waals surface area contributed by atoms with Crippen LogP contribution in [0.2, 0.25) is 0 Å². The SMILES string of the molecule is c1ccc(-c2nc(-c3ccccc3)nc(-c3cccc(-c4ccc(-c5cc(-c6cccc(-n7c8ccccc8c8cc(-c9ccc%10c(c9)c9cc(-c%11ccc%12c(c%11)c%11ccccc%11n%12-c%11cccc(-c%12cc(-c%13ccc(-c%14cccc(-c%15nc(-c%16ccccc%16)nc(-c%16ccccc%16)n%15)c%14)cc%13)c%13oc%14ccccc%14c%13c%12)c%11)ccc9n%10-c9ccccc9)ccc87)c6)cc6c5oc5ccccc56)cc4)c3)n2)cc1. The maximum Gasteiger partial charge on any atom is 0.164 e. The Labute approximate surface area is 821 Å². The molecule has 143 heavy (non-hydrogen) atoms. The minimum Gasteiger partial charge on any atom is -0.455 e. The lowest BCUT2D eigenvalue weighted by Crippen LogP contribution is -2.00. The first-order valence-electron chi connectivity index (χ1n) is 48.3. The normalized spacial score (nSPS) is 11.8. The maximum absolute atomic E-state index is 6.86. The van der Waals surface area contributed by atoms with Crippen molar-refractivity contribution in [3.05, 3.63) is 491 Å². The van der Waals surface area contributed by atoms with E-state index in [2.05, 4.69) is 372 Å². The molecule has 666 valence electrons. The molecule has 0 unspecified atom stereocenters. The van der Waals surface area contributed by atoms with E-state index in [0.29, 0.717) is 34.9 Å². The van der Waals surface area contributed by atoms with E-state index in [0.717, 1.165) is 216 Å². The zero-order valence-electron chi connectivity index (χ0n) is 77.1. The Morgan fingerprint density at radius 1 is 0.133 bits per heavy atom. The summed E-state index contributed by atoms with van der Waals surface area (Å²) < 4.78 is 21.0. The summed E-state index contributed by atoms with van der Waals surface area (Å²) >= 11 is 0. The third-order valence-electron chi connectivity index (χ3n) is 28.3. The highest BCUT2D eigenvalue weighted by Crippen LogP contribution is 2.48. The molecule has 28 rings (SSSR count). The van der Waals surface area contributed by atoms with Crippen LogP contribution in [-0.4, -0.2) is 43.6 Å². The largest absolute Gasteiger partial charge is 0.455 e. The summed E-state index contributed by atoms with van der Waals surface area (Å²) in [6.45, 7) is 0. The molecule has 7 heterocycles. The van der Waals surface area contributed by atoms with Crippen molar-refractivity contribution in [2.24, 2.45) is 0 Å². The summed E-state index contributed by atoms with van der Waals surface area (Å²) in [4.78, 5) is 30.2. The molecule has 0 radical (unpaired) electrons. The zero-order valence-corrected chi connectivity index (χ0v) is 77.1. The minimum atomic E-state index is 0.610. The number of para-hydroxylation sites is 5. The Hall–Kier alpha value is -19.4. The molecule has 11 nitrogen and oxygen atoms in total. The van der Waals surface area contributed by atoms with E-state index in [4.69, 9.17) is 38.7 Å². The number of nitrogens with zero attached hydrogens (tertiary/aromatic N) is 9. The van der Waals surface area contributed by atoms with Gasteiger partial charge >= 0.3 is 0 Å². The van der Waals surface area contributed by atoms with Crippen LogP contribution < -0.4 is 0 Å². The predicted molar refractivity (Wildman–Crippen MR) is 587 cm³/mol. The van der Waals surface area contributed by atoms with Gasteiger partial charge in [0.05, 0.1) is 33.1 Å². The van der Waals surface area contributed by atoms with Crippen LogP contribution >= 0.6 is 0 Å². The molecular weight excluding hydrogens is 1740 g/mol. The number of fused-ring (bicyclic) bond motifs is 15. The minimum absolute atomic E-state index is 0.610. The average molecular weight is 1830 g/mol. The van der Waals surface area contributed by atoms with E-state index in [-0.39, 0.29) is 0 Å². The molecule has 0 aliphatic heterocycles. The molecule has 0 aliphatic carbocycles. The highest BCUT2D eigenvalue weighted by Gasteiger charge is 2.26. The Bertz CT molecular complexity index is 9290. The Morgan fingerprint density at radius 2 is 0.371 bits per heavy atom. The van der Waals surface area contributed by atoms with E-state index in [1.807, 2.05) is 133 Å². The van der Waals surface area contributed by atoms with Crippen LogP contribution in [0.4, 0.5) is 0 Å². The van der Waals surface area contributed by atoms with E-state index in [1.54, 1.807) is 0 Å². The van der Waals surface area contributed by atoms with Crippen LogP contribution in [0.1, 0.15) is 0 Å². The van der Waals surface area contributed by atoms with Gasteiger partial charge in [-0.05, 0) is 223 Å². The topological polar surface area (TPSA) is 118 Å². The number of benzene rings is 21. The lowest BCUT2D eigenvalue weighted by molar-refractivity contribution is 0.669. The van der Waals surface area contributed by atoms with Gasteiger partial charge in [-0.3, -0.25) is 0 Å². The van der Waals surface area contributed by atoms with Crippen molar-refractivity contribution < 1.29 is 8.83 Å². The quantitative estimate of drug-likeness (QED) is 0.0884. The molecular formula is C132H81N9O2. The fourth-order valence-corrected chi connectivity index (χ4v) is 21.4. The van der Waals surface area contributed by atoms with E-state index in [9.17, 15) is 0 Å². The molecule has 0 bridgehead atoms. The van der Waals surface area contributed by atoms with Gasteiger partial charge in [-0.1, -0.05) is 346 Å². The first-order valence-corrected chi connectivity index (χ1v) is 48.3. The lowest BCUT2D eigenvalue weighted by atomic mass is 9.94. The number of aromatic nitrogens is 9. The Kier molecular flexibility index (Phi) is 19.4. The van der Waals surface area contributed by atoms with Gasteiger partial charge in [0.1, 0.15) is 22.3 Å². The van der Waals surface area contributed by atoms with Gasteiger partial charge in [0, 0.05) is 115 Å². The van der Waals surface area contributed by atoms with Crippen LogP contribution in [0.25, 0.3) is 284 Å². The summed E-state index contributed by atoms with van der Waals surface area (Å²) in [6, 6.07) is 176. The van der Waals surface area contributed by atoms with Gasteiger partial charge in [0.25, 0.3) is 0 Å². The molecule has 21 aromatic carbocycles. The number of furan rings is 2. The van der Waals surface area contributed by atoms with Gasteiger partial charge in [0.15, 0.2) is 34.9 Å². The second-order valence-electron chi connectivity index (χ2n) is 36.8. The second kappa shape index (κ2) is 33.8. The molecule has 0 atom stereocenters. The molecule has 7 aromatic heterocycles. The molecule has 0 saturated carbocycles. The van der Waals surface area contributed by atoms with Crippen molar-refractivity contribution in [1.29, 1.82) is 0 Å². The van der Waals surface area contributed by atoms with Gasteiger partial charge in [0.2, 0.25) is 0 Å². The van der Waals surface area contributed by atoms with Crippen molar-refractivity contribution >= 4 is 109 Å². The highest BCUT2D eigenvalue weighted by atomic mass is 16.3. The van der Waals surface area contributed by atoms with Crippen LogP contribution in [0.5, 0.6) is 0 Å². The van der Waals surface area contributed by atoms with Crippen molar-refractivity contribution in [1.82, 2.24) is 43.6 Å². The Morgan fingerprint density at radius 3 is 0.734 bits per heavy atom. The van der Waals surface area contributed by atoms with Crippen LogP contribution in [0.3, 0.4) is 0 Å². The smallest absolute Gasteiger partial charge is 0.164 e. The van der Waals surface area contributed by atoms with Gasteiger partial charge in [-0.25, -0.2) is 29.9 Å².